The van der Waals surface area contributed by atoms with Gasteiger partial charge in [0.2, 0.25) is 0 Å². The number of nitrogens with one attached hydrogen (secondary N) is 2. The number of H-pyrrole nitrogens is 1. The van der Waals surface area contributed by atoms with E-state index in [4.69, 9.17) is 14.4 Å². The first-order valence-corrected chi connectivity index (χ1v) is 8.98. The molecule has 0 radical (unpaired) electrons. The molecule has 9 nitrogen and oxygen atoms in total. The van der Waals surface area contributed by atoms with Crippen LogP contribution in [0.3, 0.4) is 0 Å². The second-order valence-corrected chi connectivity index (χ2v) is 7.40. The fraction of sp³-hybridized carbons (Fsp3) is 0.368. The van der Waals surface area contributed by atoms with E-state index in [0.717, 1.165) is 11.0 Å². The van der Waals surface area contributed by atoms with Crippen LogP contribution in [0.25, 0.3) is 11.0 Å². The van der Waals surface area contributed by atoms with Crippen molar-refractivity contribution in [2.24, 2.45) is 0 Å². The van der Waals surface area contributed by atoms with Gasteiger partial charge < -0.3 is 24.8 Å². The highest BCUT2D eigenvalue weighted by Crippen LogP contribution is 2.21. The SMILES string of the molecule is CN(C)Cc1cc(C(=O)NC(C)(C)c2nc3ccccc3[nH]2)no1.O=C(O)C(F)(F)F. The minimum absolute atomic E-state index is 0.260. The van der Waals surface area contributed by atoms with Crippen LogP contribution in [0.1, 0.15) is 35.9 Å². The van der Waals surface area contributed by atoms with Crippen LogP contribution in [-0.2, 0) is 16.9 Å². The number of para-hydroxylation sites is 2. The summed E-state index contributed by atoms with van der Waals surface area (Å²) in [6.45, 7) is 4.38. The van der Waals surface area contributed by atoms with Crippen LogP contribution in [-0.4, -0.2) is 57.3 Å². The monoisotopic (exact) mass is 441 g/mol. The van der Waals surface area contributed by atoms with Crippen molar-refractivity contribution in [2.45, 2.75) is 32.1 Å². The molecular weight excluding hydrogens is 419 g/mol. The van der Waals surface area contributed by atoms with E-state index < -0.39 is 17.7 Å². The summed E-state index contributed by atoms with van der Waals surface area (Å²) >= 11 is 0. The summed E-state index contributed by atoms with van der Waals surface area (Å²) in [5.41, 5.74) is 1.39. The third-order valence-corrected chi connectivity index (χ3v) is 3.91. The zero-order chi connectivity index (χ0) is 23.4. The Morgan fingerprint density at radius 1 is 1.23 bits per heavy atom. The average molecular weight is 441 g/mol. The van der Waals surface area contributed by atoms with E-state index in [2.05, 4.69) is 20.4 Å². The molecule has 0 aliphatic rings. The highest BCUT2D eigenvalue weighted by atomic mass is 19.4. The molecule has 3 aromatic rings. The molecule has 0 saturated carbocycles. The Morgan fingerprint density at radius 3 is 2.39 bits per heavy atom. The van der Waals surface area contributed by atoms with Crippen molar-refractivity contribution in [3.63, 3.8) is 0 Å². The second kappa shape index (κ2) is 9.16. The van der Waals surface area contributed by atoms with Gasteiger partial charge in [-0.05, 0) is 40.1 Å². The number of rotatable bonds is 5. The van der Waals surface area contributed by atoms with Gasteiger partial charge in [0.1, 0.15) is 5.82 Å². The molecule has 31 heavy (non-hydrogen) atoms. The fourth-order valence-corrected chi connectivity index (χ4v) is 2.46. The lowest BCUT2D eigenvalue weighted by atomic mass is 10.0. The van der Waals surface area contributed by atoms with Crippen LogP contribution in [0.4, 0.5) is 13.2 Å². The Hall–Kier alpha value is -3.41. The molecule has 3 N–H and O–H groups in total. The summed E-state index contributed by atoms with van der Waals surface area (Å²) in [5.74, 6) is -1.72. The highest BCUT2D eigenvalue weighted by molar-refractivity contribution is 5.92. The molecule has 2 heterocycles. The molecule has 2 aromatic heterocycles. The zero-order valence-electron chi connectivity index (χ0n) is 17.2. The van der Waals surface area contributed by atoms with Crippen molar-refractivity contribution in [1.29, 1.82) is 0 Å². The largest absolute Gasteiger partial charge is 0.490 e. The molecule has 3 rings (SSSR count). The Balaban J connectivity index is 0.000000423. The molecule has 12 heteroatoms. The van der Waals surface area contributed by atoms with Gasteiger partial charge in [0, 0.05) is 6.07 Å². The average Bonchev–Trinajstić information content (AvgIpc) is 3.27. The van der Waals surface area contributed by atoms with Crippen LogP contribution in [0, 0.1) is 0 Å². The predicted octanol–water partition coefficient (Wildman–Crippen LogP) is 2.91. The van der Waals surface area contributed by atoms with Gasteiger partial charge in [0.05, 0.1) is 23.1 Å². The molecule has 0 fully saturated rings. The number of hydrogen-bond donors (Lipinski definition) is 3. The van der Waals surface area contributed by atoms with Gasteiger partial charge in [0.15, 0.2) is 11.5 Å². The summed E-state index contributed by atoms with van der Waals surface area (Å²) < 4.78 is 36.9. The maximum absolute atomic E-state index is 12.5. The number of alkyl halides is 3. The van der Waals surface area contributed by atoms with E-state index in [9.17, 15) is 18.0 Å². The Labute approximate surface area is 175 Å². The summed E-state index contributed by atoms with van der Waals surface area (Å²) in [6, 6.07) is 9.41. The molecule has 0 aliphatic heterocycles. The first kappa shape index (κ1) is 23.9. The van der Waals surface area contributed by atoms with E-state index in [1.54, 1.807) is 6.07 Å². The molecule has 1 aromatic carbocycles. The lowest BCUT2D eigenvalue weighted by molar-refractivity contribution is -0.192. The molecule has 0 saturated heterocycles. The minimum atomic E-state index is -5.08. The Bertz CT molecular complexity index is 1020. The topological polar surface area (TPSA) is 124 Å². The number of nitrogens with zero attached hydrogens (tertiary/aromatic N) is 3. The molecule has 168 valence electrons. The number of aromatic amines is 1. The van der Waals surface area contributed by atoms with E-state index in [0.29, 0.717) is 18.1 Å². The second-order valence-electron chi connectivity index (χ2n) is 7.40. The maximum atomic E-state index is 12.5. The number of halogens is 3. The molecule has 0 atom stereocenters. The number of carboxylic acids is 1. The minimum Gasteiger partial charge on any atom is -0.475 e. The summed E-state index contributed by atoms with van der Waals surface area (Å²) in [4.78, 5) is 31.1. The number of benzene rings is 1. The Morgan fingerprint density at radius 2 is 1.84 bits per heavy atom. The zero-order valence-corrected chi connectivity index (χ0v) is 17.2. The molecule has 0 spiro atoms. The van der Waals surface area contributed by atoms with Gasteiger partial charge in [-0.15, -0.1) is 0 Å². The normalized spacial score (nSPS) is 11.9. The first-order chi connectivity index (χ1) is 14.3. The summed E-state index contributed by atoms with van der Waals surface area (Å²) in [5, 5.41) is 13.9. The Kier molecular flexibility index (Phi) is 7.05. The number of aliphatic carboxylic acids is 1. The maximum Gasteiger partial charge on any atom is 0.490 e. The molecule has 0 aliphatic carbocycles. The van der Waals surface area contributed by atoms with E-state index >= 15 is 0 Å². The van der Waals surface area contributed by atoms with Crippen molar-refractivity contribution in [2.75, 3.05) is 14.1 Å². The summed E-state index contributed by atoms with van der Waals surface area (Å²) in [7, 11) is 3.85. The molecular formula is C19H22F3N5O4. The van der Waals surface area contributed by atoms with Crippen molar-refractivity contribution in [3.8, 4) is 0 Å². The smallest absolute Gasteiger partial charge is 0.475 e. The van der Waals surface area contributed by atoms with Gasteiger partial charge in [-0.25, -0.2) is 9.78 Å². The number of carbonyl (C=O) groups is 2. The lowest BCUT2D eigenvalue weighted by Crippen LogP contribution is -2.42. The number of carbonyl (C=O) groups excluding carboxylic acids is 1. The van der Waals surface area contributed by atoms with Crippen LogP contribution in [0.5, 0.6) is 0 Å². The standard InChI is InChI=1S/C17H21N5O2.C2HF3O2/c1-17(2,16-18-12-7-5-6-8-13(12)19-16)20-15(23)14-9-11(24-21-14)10-22(3)4;3-2(4,5)1(6)7/h5-9H,10H2,1-4H3,(H,18,19)(H,20,23);(H,6,7). The third kappa shape index (κ3) is 6.54. The van der Waals surface area contributed by atoms with Gasteiger partial charge in [-0.3, -0.25) is 4.79 Å². The van der Waals surface area contributed by atoms with Crippen LogP contribution in [0.2, 0.25) is 0 Å². The number of aromatic nitrogens is 3. The quantitative estimate of drug-likeness (QED) is 0.556. The molecule has 1 amide bonds. The number of imidazole rings is 1. The van der Waals surface area contributed by atoms with Crippen molar-refractivity contribution < 1.29 is 32.4 Å². The number of hydrogen-bond acceptors (Lipinski definition) is 6. The van der Waals surface area contributed by atoms with E-state index in [1.165, 1.54) is 0 Å². The van der Waals surface area contributed by atoms with Crippen LogP contribution < -0.4 is 5.32 Å². The predicted molar refractivity (Wildman–Crippen MR) is 104 cm³/mol. The first-order valence-electron chi connectivity index (χ1n) is 8.98. The molecule has 0 bridgehead atoms. The third-order valence-electron chi connectivity index (χ3n) is 3.91. The van der Waals surface area contributed by atoms with Crippen LogP contribution >= 0.6 is 0 Å². The lowest BCUT2D eigenvalue weighted by Gasteiger charge is -2.23. The van der Waals surface area contributed by atoms with Gasteiger partial charge in [-0.1, -0.05) is 17.3 Å². The fourth-order valence-electron chi connectivity index (χ4n) is 2.46. The van der Waals surface area contributed by atoms with Crippen molar-refractivity contribution in [1.82, 2.24) is 25.3 Å². The van der Waals surface area contributed by atoms with Gasteiger partial charge in [0.25, 0.3) is 5.91 Å². The van der Waals surface area contributed by atoms with Gasteiger partial charge in [-0.2, -0.15) is 13.2 Å². The van der Waals surface area contributed by atoms with E-state index in [1.807, 2.05) is 57.1 Å². The number of carboxylic acid groups (broad SMARTS) is 1. The number of amides is 1. The number of fused-ring (bicyclic) bond motifs is 1. The van der Waals surface area contributed by atoms with E-state index in [-0.39, 0.29) is 11.6 Å². The van der Waals surface area contributed by atoms with Gasteiger partial charge >= 0.3 is 12.1 Å². The van der Waals surface area contributed by atoms with Crippen LogP contribution in [0.15, 0.2) is 34.9 Å². The van der Waals surface area contributed by atoms with Crippen molar-refractivity contribution in [3.05, 3.63) is 47.6 Å². The summed E-state index contributed by atoms with van der Waals surface area (Å²) in [6.07, 6.45) is -5.08. The highest BCUT2D eigenvalue weighted by Gasteiger charge is 2.38. The van der Waals surface area contributed by atoms with Crippen molar-refractivity contribution >= 4 is 22.9 Å². The molecule has 0 unspecified atom stereocenters.